The first-order valence-corrected chi connectivity index (χ1v) is 6.58. The molecule has 1 heterocycles. The van der Waals surface area contributed by atoms with Crippen LogP contribution >= 0.6 is 11.6 Å². The van der Waals surface area contributed by atoms with Crippen LogP contribution in [0.1, 0.15) is 13.8 Å². The number of anilines is 3. The lowest BCUT2D eigenvalue weighted by Gasteiger charge is -2.19. The van der Waals surface area contributed by atoms with Gasteiger partial charge in [-0.2, -0.15) is 10.1 Å². The quantitative estimate of drug-likeness (QED) is 0.910. The van der Waals surface area contributed by atoms with Crippen molar-refractivity contribution in [3.63, 3.8) is 0 Å². The Morgan fingerprint density at radius 1 is 1.16 bits per heavy atom. The van der Waals surface area contributed by atoms with Gasteiger partial charge in [0.25, 0.3) is 0 Å². The number of aromatic nitrogens is 3. The van der Waals surface area contributed by atoms with Gasteiger partial charge in [0.15, 0.2) is 5.82 Å². The second-order valence-electron chi connectivity index (χ2n) is 3.94. The molecule has 0 bridgehead atoms. The van der Waals surface area contributed by atoms with E-state index in [-0.39, 0.29) is 0 Å². The average molecular weight is 278 g/mol. The molecule has 2 aromatic rings. The minimum atomic E-state index is 0.478. The molecule has 0 atom stereocenters. The number of rotatable bonds is 5. The van der Waals surface area contributed by atoms with Crippen molar-refractivity contribution in [1.29, 1.82) is 0 Å². The lowest BCUT2D eigenvalue weighted by atomic mass is 10.3. The van der Waals surface area contributed by atoms with Gasteiger partial charge in [0.2, 0.25) is 5.95 Å². The van der Waals surface area contributed by atoms with Crippen LogP contribution < -0.4 is 10.2 Å². The molecule has 1 N–H and O–H groups in total. The zero-order valence-electron chi connectivity index (χ0n) is 11.0. The molecule has 1 aromatic carbocycles. The van der Waals surface area contributed by atoms with Gasteiger partial charge in [-0.3, -0.25) is 0 Å². The highest BCUT2D eigenvalue weighted by Crippen LogP contribution is 2.17. The third-order valence-corrected chi connectivity index (χ3v) is 2.99. The zero-order valence-corrected chi connectivity index (χ0v) is 11.7. The largest absolute Gasteiger partial charge is 0.356 e. The molecular formula is C13H16ClN5. The Morgan fingerprint density at radius 2 is 1.84 bits per heavy atom. The van der Waals surface area contributed by atoms with Crippen LogP contribution in [0.15, 0.2) is 30.5 Å². The van der Waals surface area contributed by atoms with Gasteiger partial charge in [0.1, 0.15) is 0 Å². The van der Waals surface area contributed by atoms with E-state index in [1.54, 1.807) is 6.20 Å². The fraction of sp³-hybridized carbons (Fsp3) is 0.308. The van der Waals surface area contributed by atoms with E-state index in [0.717, 1.165) is 24.6 Å². The zero-order chi connectivity index (χ0) is 13.7. The molecule has 0 fully saturated rings. The first-order valence-electron chi connectivity index (χ1n) is 6.20. The van der Waals surface area contributed by atoms with E-state index >= 15 is 0 Å². The van der Waals surface area contributed by atoms with Crippen LogP contribution in [0.25, 0.3) is 0 Å². The summed E-state index contributed by atoms with van der Waals surface area (Å²) in [6.45, 7) is 5.93. The number of nitrogens with one attached hydrogen (secondary N) is 1. The lowest BCUT2D eigenvalue weighted by molar-refractivity contribution is 0.826. The van der Waals surface area contributed by atoms with Gasteiger partial charge in [-0.15, -0.1) is 5.10 Å². The highest BCUT2D eigenvalue weighted by Gasteiger charge is 2.06. The smallest absolute Gasteiger partial charge is 0.249 e. The van der Waals surface area contributed by atoms with E-state index in [9.17, 15) is 0 Å². The maximum Gasteiger partial charge on any atom is 0.249 e. The average Bonchev–Trinajstić information content (AvgIpc) is 2.43. The van der Waals surface area contributed by atoms with Gasteiger partial charge >= 0.3 is 0 Å². The first kappa shape index (κ1) is 13.5. The molecule has 0 amide bonds. The number of hydrogen-bond donors (Lipinski definition) is 1. The standard InChI is InChI=1S/C13H16ClN5/c1-3-19(4-2)12-9-15-18-13(17-12)16-11-7-5-10(14)6-8-11/h5-9H,3-4H2,1-2H3,(H,16,17,18). The van der Waals surface area contributed by atoms with Crippen LogP contribution in [0.5, 0.6) is 0 Å². The summed E-state index contributed by atoms with van der Waals surface area (Å²) in [5.41, 5.74) is 0.878. The Bertz CT molecular complexity index is 525. The molecule has 2 rings (SSSR count). The summed E-state index contributed by atoms with van der Waals surface area (Å²) in [6.07, 6.45) is 1.67. The molecule has 0 unspecified atom stereocenters. The second-order valence-corrected chi connectivity index (χ2v) is 4.38. The summed E-state index contributed by atoms with van der Waals surface area (Å²) in [5.74, 6) is 1.29. The number of hydrogen-bond acceptors (Lipinski definition) is 5. The number of halogens is 1. The van der Waals surface area contributed by atoms with Crippen molar-refractivity contribution in [2.45, 2.75) is 13.8 Å². The molecule has 0 radical (unpaired) electrons. The van der Waals surface area contributed by atoms with Gasteiger partial charge in [-0.1, -0.05) is 11.6 Å². The number of benzene rings is 1. The third-order valence-electron chi connectivity index (χ3n) is 2.73. The molecule has 0 aliphatic rings. The van der Waals surface area contributed by atoms with Crippen LogP contribution in [0.4, 0.5) is 17.5 Å². The Kier molecular flexibility index (Phi) is 4.52. The Labute approximate surface area is 117 Å². The summed E-state index contributed by atoms with van der Waals surface area (Å²) in [7, 11) is 0. The molecule has 0 saturated heterocycles. The third kappa shape index (κ3) is 3.54. The summed E-state index contributed by atoms with van der Waals surface area (Å²) < 4.78 is 0. The van der Waals surface area contributed by atoms with Crippen molar-refractivity contribution < 1.29 is 0 Å². The summed E-state index contributed by atoms with van der Waals surface area (Å²) >= 11 is 5.84. The van der Waals surface area contributed by atoms with Crippen molar-refractivity contribution in [2.24, 2.45) is 0 Å². The normalized spacial score (nSPS) is 10.3. The summed E-state index contributed by atoms with van der Waals surface area (Å²) in [6, 6.07) is 7.36. The predicted octanol–water partition coefficient (Wildman–Crippen LogP) is 3.11. The summed E-state index contributed by atoms with van der Waals surface area (Å²) in [5, 5.41) is 11.7. The Balaban J connectivity index is 2.17. The van der Waals surface area contributed by atoms with E-state index in [0.29, 0.717) is 11.0 Å². The minimum Gasteiger partial charge on any atom is -0.356 e. The molecule has 0 aliphatic heterocycles. The molecule has 100 valence electrons. The monoisotopic (exact) mass is 277 g/mol. The topological polar surface area (TPSA) is 53.9 Å². The minimum absolute atomic E-state index is 0.478. The van der Waals surface area contributed by atoms with Crippen LogP contribution in [0, 0.1) is 0 Å². The van der Waals surface area contributed by atoms with E-state index < -0.39 is 0 Å². The van der Waals surface area contributed by atoms with Gasteiger partial charge in [-0.05, 0) is 38.1 Å². The Hall–Kier alpha value is -1.88. The van der Waals surface area contributed by atoms with Gasteiger partial charge < -0.3 is 10.2 Å². The van der Waals surface area contributed by atoms with E-state index in [4.69, 9.17) is 11.6 Å². The van der Waals surface area contributed by atoms with Crippen LogP contribution in [-0.2, 0) is 0 Å². The predicted molar refractivity (Wildman–Crippen MR) is 78.1 cm³/mol. The highest BCUT2D eigenvalue weighted by molar-refractivity contribution is 6.30. The van der Waals surface area contributed by atoms with Crippen LogP contribution in [-0.4, -0.2) is 28.3 Å². The SMILES string of the molecule is CCN(CC)c1cnnc(Nc2ccc(Cl)cc2)n1. The molecular weight excluding hydrogens is 262 g/mol. The molecule has 0 aliphatic carbocycles. The fourth-order valence-electron chi connectivity index (χ4n) is 1.71. The molecule has 0 saturated carbocycles. The lowest BCUT2D eigenvalue weighted by Crippen LogP contribution is -2.23. The first-order chi connectivity index (χ1) is 9.22. The van der Waals surface area contributed by atoms with Crippen molar-refractivity contribution >= 4 is 29.1 Å². The van der Waals surface area contributed by atoms with Crippen molar-refractivity contribution in [3.8, 4) is 0 Å². The molecule has 1 aromatic heterocycles. The van der Waals surface area contributed by atoms with Crippen molar-refractivity contribution in [2.75, 3.05) is 23.3 Å². The summed E-state index contributed by atoms with van der Waals surface area (Å²) in [4.78, 5) is 6.55. The Morgan fingerprint density at radius 3 is 2.47 bits per heavy atom. The highest BCUT2D eigenvalue weighted by atomic mass is 35.5. The second kappa shape index (κ2) is 6.33. The molecule has 5 nitrogen and oxygen atoms in total. The van der Waals surface area contributed by atoms with Crippen molar-refractivity contribution in [3.05, 3.63) is 35.5 Å². The molecule has 19 heavy (non-hydrogen) atoms. The van der Waals surface area contributed by atoms with Crippen molar-refractivity contribution in [1.82, 2.24) is 15.2 Å². The molecule has 0 spiro atoms. The van der Waals surface area contributed by atoms with Gasteiger partial charge in [-0.25, -0.2) is 0 Å². The number of nitrogens with zero attached hydrogens (tertiary/aromatic N) is 4. The molecule has 6 heteroatoms. The maximum atomic E-state index is 5.84. The van der Waals surface area contributed by atoms with E-state index in [2.05, 4.69) is 39.2 Å². The van der Waals surface area contributed by atoms with Crippen LogP contribution in [0.2, 0.25) is 5.02 Å². The van der Waals surface area contributed by atoms with Gasteiger partial charge in [0.05, 0.1) is 6.20 Å². The van der Waals surface area contributed by atoms with E-state index in [1.807, 2.05) is 24.3 Å². The fourth-order valence-corrected chi connectivity index (χ4v) is 1.84. The van der Waals surface area contributed by atoms with Crippen LogP contribution in [0.3, 0.4) is 0 Å². The van der Waals surface area contributed by atoms with Gasteiger partial charge in [0, 0.05) is 23.8 Å². The maximum absolute atomic E-state index is 5.84. The van der Waals surface area contributed by atoms with E-state index in [1.165, 1.54) is 0 Å².